The Hall–Kier alpha value is -4.41. The van der Waals surface area contributed by atoms with Crippen LogP contribution in [0.4, 0.5) is 17.1 Å². The Balaban J connectivity index is 1.47. The van der Waals surface area contributed by atoms with Gasteiger partial charge in [0.1, 0.15) is 18.0 Å². The maximum absolute atomic E-state index is 12.1. The first-order valence-corrected chi connectivity index (χ1v) is 9.06. The minimum Gasteiger partial charge on any atom is -0.497 e. The fourth-order valence-corrected chi connectivity index (χ4v) is 2.57. The van der Waals surface area contributed by atoms with E-state index in [1.54, 1.807) is 31.4 Å². The molecule has 0 radical (unpaired) electrons. The summed E-state index contributed by atoms with van der Waals surface area (Å²) in [5.74, 6) is 0.115. The van der Waals surface area contributed by atoms with Gasteiger partial charge in [0.25, 0.3) is 11.6 Å². The molecule has 1 heterocycles. The predicted molar refractivity (Wildman–Crippen MR) is 111 cm³/mol. The molecule has 31 heavy (non-hydrogen) atoms. The number of carbonyl (C=O) groups is 2. The molecule has 0 atom stereocenters. The number of aromatic nitrogens is 2. The third-order valence-electron chi connectivity index (χ3n) is 3.99. The van der Waals surface area contributed by atoms with Crippen molar-refractivity contribution in [3.8, 4) is 11.5 Å². The average molecular weight is 425 g/mol. The third-order valence-corrected chi connectivity index (χ3v) is 3.99. The van der Waals surface area contributed by atoms with E-state index in [4.69, 9.17) is 9.47 Å². The normalized spacial score (nSPS) is 10.2. The van der Waals surface area contributed by atoms with Crippen molar-refractivity contribution in [1.82, 2.24) is 9.78 Å². The van der Waals surface area contributed by atoms with Gasteiger partial charge in [-0.15, -0.1) is 0 Å². The fourth-order valence-electron chi connectivity index (χ4n) is 2.57. The van der Waals surface area contributed by atoms with Gasteiger partial charge >= 0.3 is 0 Å². The van der Waals surface area contributed by atoms with Gasteiger partial charge in [0, 0.05) is 18.0 Å². The van der Waals surface area contributed by atoms with Gasteiger partial charge in [0.05, 0.1) is 30.0 Å². The van der Waals surface area contributed by atoms with Gasteiger partial charge < -0.3 is 20.1 Å². The van der Waals surface area contributed by atoms with Crippen molar-refractivity contribution in [2.45, 2.75) is 6.54 Å². The van der Waals surface area contributed by atoms with Gasteiger partial charge in [-0.3, -0.25) is 24.4 Å². The number of hydrogen-bond acceptors (Lipinski definition) is 7. The van der Waals surface area contributed by atoms with E-state index in [2.05, 4.69) is 15.7 Å². The van der Waals surface area contributed by atoms with E-state index < -0.39 is 10.8 Å². The van der Waals surface area contributed by atoms with Crippen LogP contribution in [0.1, 0.15) is 0 Å². The van der Waals surface area contributed by atoms with Crippen LogP contribution >= 0.6 is 0 Å². The third kappa shape index (κ3) is 6.29. The van der Waals surface area contributed by atoms with Gasteiger partial charge in [-0.05, 0) is 30.3 Å². The summed E-state index contributed by atoms with van der Waals surface area (Å²) in [6, 6.07) is 12.4. The first-order valence-electron chi connectivity index (χ1n) is 9.06. The molecule has 11 nitrogen and oxygen atoms in total. The highest BCUT2D eigenvalue weighted by Gasteiger charge is 2.10. The lowest BCUT2D eigenvalue weighted by molar-refractivity contribution is -0.384. The molecule has 2 amide bonds. The molecule has 0 saturated carbocycles. The number of methoxy groups -OCH3 is 1. The molecule has 0 aliphatic heterocycles. The van der Waals surface area contributed by atoms with E-state index >= 15 is 0 Å². The molecule has 2 aromatic carbocycles. The Morgan fingerprint density at radius 3 is 2.52 bits per heavy atom. The first-order chi connectivity index (χ1) is 14.9. The van der Waals surface area contributed by atoms with Crippen LogP contribution in [0.3, 0.4) is 0 Å². The zero-order chi connectivity index (χ0) is 22.2. The Labute approximate surface area is 176 Å². The van der Waals surface area contributed by atoms with Crippen LogP contribution in [-0.4, -0.2) is 40.2 Å². The van der Waals surface area contributed by atoms with Crippen molar-refractivity contribution in [3.05, 3.63) is 71.0 Å². The second kappa shape index (κ2) is 9.87. The quantitative estimate of drug-likeness (QED) is 0.397. The van der Waals surface area contributed by atoms with Crippen molar-refractivity contribution in [1.29, 1.82) is 0 Å². The molecule has 0 bridgehead atoms. The molecule has 3 aromatic rings. The maximum Gasteiger partial charge on any atom is 0.273 e. The van der Waals surface area contributed by atoms with E-state index in [9.17, 15) is 19.7 Å². The monoisotopic (exact) mass is 425 g/mol. The lowest BCUT2D eigenvalue weighted by atomic mass is 10.3. The van der Waals surface area contributed by atoms with E-state index in [-0.39, 0.29) is 30.5 Å². The van der Waals surface area contributed by atoms with Gasteiger partial charge in [0.15, 0.2) is 6.61 Å². The molecule has 1 aromatic heterocycles. The van der Waals surface area contributed by atoms with Crippen LogP contribution in [0.15, 0.2) is 60.9 Å². The Kier molecular flexibility index (Phi) is 6.78. The number of hydrogen-bond donors (Lipinski definition) is 2. The second-order valence-electron chi connectivity index (χ2n) is 6.29. The Morgan fingerprint density at radius 1 is 1.06 bits per heavy atom. The fraction of sp³-hybridized carbons (Fsp3) is 0.150. The van der Waals surface area contributed by atoms with Gasteiger partial charge in [0.2, 0.25) is 5.91 Å². The van der Waals surface area contributed by atoms with Crippen molar-refractivity contribution in [3.63, 3.8) is 0 Å². The number of carbonyl (C=O) groups excluding carboxylic acids is 2. The van der Waals surface area contributed by atoms with Crippen LogP contribution in [0.5, 0.6) is 11.5 Å². The standard InChI is InChI=1S/C20H19N5O6/c1-30-17-7-5-14(6-8-17)22-19(26)12-24-11-15(10-21-24)23-20(27)13-31-18-4-2-3-16(9-18)25(28)29/h2-11H,12-13H2,1H3,(H,22,26)(H,23,27). The summed E-state index contributed by atoms with van der Waals surface area (Å²) < 4.78 is 11.7. The number of ether oxygens (including phenoxy) is 2. The highest BCUT2D eigenvalue weighted by Crippen LogP contribution is 2.19. The van der Waals surface area contributed by atoms with Crippen molar-refractivity contribution in [2.24, 2.45) is 0 Å². The Bertz CT molecular complexity index is 1080. The Morgan fingerprint density at radius 2 is 1.81 bits per heavy atom. The molecular weight excluding hydrogens is 406 g/mol. The van der Waals surface area contributed by atoms with Crippen LogP contribution < -0.4 is 20.1 Å². The summed E-state index contributed by atoms with van der Waals surface area (Å²) in [4.78, 5) is 34.4. The van der Waals surface area contributed by atoms with Crippen LogP contribution in [0, 0.1) is 10.1 Å². The number of rotatable bonds is 9. The zero-order valence-electron chi connectivity index (χ0n) is 16.5. The number of amides is 2. The van der Waals surface area contributed by atoms with Crippen LogP contribution in [0.2, 0.25) is 0 Å². The van der Waals surface area contributed by atoms with Gasteiger partial charge in [-0.2, -0.15) is 5.10 Å². The minimum atomic E-state index is -0.549. The molecule has 11 heteroatoms. The van der Waals surface area contributed by atoms with Crippen LogP contribution in [0.25, 0.3) is 0 Å². The largest absolute Gasteiger partial charge is 0.497 e. The molecule has 3 rings (SSSR count). The van der Waals surface area contributed by atoms with E-state index in [1.807, 2.05) is 0 Å². The second-order valence-corrected chi connectivity index (χ2v) is 6.29. The lowest BCUT2D eigenvalue weighted by Gasteiger charge is -2.07. The summed E-state index contributed by atoms with van der Waals surface area (Å²) in [6.45, 7) is -0.392. The van der Waals surface area contributed by atoms with E-state index in [0.29, 0.717) is 17.1 Å². The van der Waals surface area contributed by atoms with Gasteiger partial charge in [-0.25, -0.2) is 0 Å². The summed E-state index contributed by atoms with van der Waals surface area (Å²) in [6.07, 6.45) is 2.89. The highest BCUT2D eigenvalue weighted by atomic mass is 16.6. The summed E-state index contributed by atoms with van der Waals surface area (Å²) in [5, 5.41) is 20.1. The molecule has 0 spiro atoms. The number of benzene rings is 2. The topological polar surface area (TPSA) is 138 Å². The number of anilines is 2. The number of nitro groups is 1. The van der Waals surface area contributed by atoms with E-state index in [0.717, 1.165) is 0 Å². The molecule has 0 unspecified atom stereocenters. The number of nitrogens with one attached hydrogen (secondary N) is 2. The van der Waals surface area contributed by atoms with Crippen molar-refractivity contribution < 1.29 is 24.0 Å². The molecule has 0 aliphatic rings. The predicted octanol–water partition coefficient (Wildman–Crippen LogP) is 2.46. The maximum atomic E-state index is 12.1. The molecule has 2 N–H and O–H groups in total. The number of nitrogens with zero attached hydrogens (tertiary/aromatic N) is 3. The summed E-state index contributed by atoms with van der Waals surface area (Å²) >= 11 is 0. The van der Waals surface area contributed by atoms with Crippen molar-refractivity contribution >= 4 is 28.9 Å². The number of nitro benzene ring substituents is 1. The van der Waals surface area contributed by atoms with Gasteiger partial charge in [-0.1, -0.05) is 6.07 Å². The molecule has 0 saturated heterocycles. The molecular formula is C20H19N5O6. The SMILES string of the molecule is COc1ccc(NC(=O)Cn2cc(NC(=O)COc3cccc([N+](=O)[O-])c3)cn2)cc1. The highest BCUT2D eigenvalue weighted by molar-refractivity contribution is 5.92. The lowest BCUT2D eigenvalue weighted by Crippen LogP contribution is -2.20. The van der Waals surface area contributed by atoms with Crippen molar-refractivity contribution in [2.75, 3.05) is 24.4 Å². The first kappa shape index (κ1) is 21.3. The molecule has 0 fully saturated rings. The van der Waals surface area contributed by atoms with E-state index in [1.165, 1.54) is 41.3 Å². The minimum absolute atomic E-state index is 0.0495. The average Bonchev–Trinajstić information content (AvgIpc) is 3.19. The molecule has 0 aliphatic carbocycles. The summed E-state index contributed by atoms with van der Waals surface area (Å²) in [5.41, 5.74) is 0.863. The van der Waals surface area contributed by atoms with Crippen LogP contribution in [-0.2, 0) is 16.1 Å². The zero-order valence-corrected chi connectivity index (χ0v) is 16.5. The molecule has 160 valence electrons. The smallest absolute Gasteiger partial charge is 0.273 e. The summed E-state index contributed by atoms with van der Waals surface area (Å²) in [7, 11) is 1.56. The number of non-ortho nitro benzene ring substituents is 1.